The maximum Gasteiger partial charge on any atom is 0.0623 e. The van der Waals surface area contributed by atoms with E-state index in [1.807, 2.05) is 0 Å². The summed E-state index contributed by atoms with van der Waals surface area (Å²) in [4.78, 5) is 0. The van der Waals surface area contributed by atoms with E-state index in [2.05, 4.69) is 73.2 Å². The van der Waals surface area contributed by atoms with Gasteiger partial charge in [-0.25, -0.2) is 0 Å². The summed E-state index contributed by atoms with van der Waals surface area (Å²) in [6.45, 7) is 0. The van der Waals surface area contributed by atoms with Crippen molar-refractivity contribution in [2.45, 2.75) is 5.41 Å². The van der Waals surface area contributed by atoms with Crippen molar-refractivity contribution in [3.63, 3.8) is 0 Å². The number of rotatable bonds is 2. The Hall–Kier alpha value is -1.95. The van der Waals surface area contributed by atoms with Crippen molar-refractivity contribution in [3.05, 3.63) is 90.3 Å². The highest BCUT2D eigenvalue weighted by atomic mass is 14.7. The van der Waals surface area contributed by atoms with E-state index in [0.717, 1.165) is 0 Å². The molecule has 2 aromatic rings. The van der Waals surface area contributed by atoms with E-state index < -0.39 is 0 Å². The summed E-state index contributed by atoms with van der Waals surface area (Å²) in [6, 6.07) is 21.9. The van der Waals surface area contributed by atoms with Crippen LogP contribution >= 0.6 is 0 Å². The number of fused-ring (bicyclic) bond motifs is 1. The quantitative estimate of drug-likeness (QED) is 0.690. The molecule has 1 fully saturated rings. The highest BCUT2D eigenvalue weighted by molar-refractivity contribution is 5.54. The Morgan fingerprint density at radius 3 is 1.94 bits per heavy atom. The summed E-state index contributed by atoms with van der Waals surface area (Å²) in [5, 5.41) is 0. The van der Waals surface area contributed by atoms with Crippen molar-refractivity contribution in [2.75, 3.05) is 0 Å². The molecule has 0 heteroatoms. The Morgan fingerprint density at radius 2 is 1.50 bits per heavy atom. The van der Waals surface area contributed by atoms with Crippen LogP contribution in [0, 0.1) is 24.3 Å². The zero-order chi connectivity index (χ0) is 12.9. The Balaban J connectivity index is 1.88. The lowest BCUT2D eigenvalue weighted by atomic mass is 9.82. The number of benzene rings is 2. The molecule has 2 unspecified atom stereocenters. The molecule has 0 aliphatic heterocycles. The zero-order valence-electron chi connectivity index (χ0n) is 11.0. The lowest BCUT2D eigenvalue weighted by Gasteiger charge is -2.20. The molecule has 0 aromatic heterocycles. The lowest BCUT2D eigenvalue weighted by molar-refractivity contribution is 0.744. The molecule has 0 spiro atoms. The van der Waals surface area contributed by atoms with Gasteiger partial charge in [0.1, 0.15) is 0 Å². The molecule has 0 N–H and O–H groups in total. The van der Waals surface area contributed by atoms with Gasteiger partial charge in [-0.05, 0) is 23.1 Å². The number of hydrogen-bond donors (Lipinski definition) is 0. The standard InChI is InChI=1S/C18H14/c1-3-8-14(9-4-1)18(15-10-5-2-6-11-15)16-12-7-13-17(16)18/h1-12,16-17H/i7D. The van der Waals surface area contributed by atoms with Crippen LogP contribution in [0.2, 0.25) is 0 Å². The van der Waals surface area contributed by atoms with E-state index in [1.165, 1.54) is 11.1 Å². The summed E-state index contributed by atoms with van der Waals surface area (Å²) in [5.74, 6) is 0.745. The molecule has 2 aromatic carbocycles. The predicted molar refractivity (Wildman–Crippen MR) is 72.8 cm³/mol. The van der Waals surface area contributed by atoms with Crippen molar-refractivity contribution in [1.82, 2.24) is 0 Å². The zero-order valence-corrected chi connectivity index (χ0v) is 10.0. The van der Waals surface area contributed by atoms with E-state index in [-0.39, 0.29) is 5.41 Å². The van der Waals surface area contributed by atoms with Gasteiger partial charge in [0.15, 0.2) is 0 Å². The molecule has 0 nitrogen and oxygen atoms in total. The van der Waals surface area contributed by atoms with Crippen molar-refractivity contribution >= 4 is 0 Å². The molecular formula is C18H14. The maximum atomic E-state index is 7.74. The van der Waals surface area contributed by atoms with Crippen LogP contribution in [0.25, 0.3) is 0 Å². The SMILES string of the molecule is [2H]C1=[C-]C2C([CH+]1)C2(c1ccccc1)c1ccccc1. The first-order chi connectivity index (χ1) is 9.33. The Kier molecular flexibility index (Phi) is 1.77. The molecule has 18 heavy (non-hydrogen) atoms. The van der Waals surface area contributed by atoms with Gasteiger partial charge in [-0.2, -0.15) is 0 Å². The minimum absolute atomic E-state index is 0.0209. The monoisotopic (exact) mass is 231 g/mol. The number of allylic oxidation sites excluding steroid dienone is 2. The largest absolute Gasteiger partial charge is 0.0792 e. The van der Waals surface area contributed by atoms with Crippen molar-refractivity contribution in [3.8, 4) is 0 Å². The molecule has 0 saturated heterocycles. The van der Waals surface area contributed by atoms with Gasteiger partial charge in [0.2, 0.25) is 0 Å². The second-order valence-electron chi connectivity index (χ2n) is 5.06. The molecule has 0 heterocycles. The van der Waals surface area contributed by atoms with Gasteiger partial charge in [0, 0.05) is 11.3 Å². The van der Waals surface area contributed by atoms with Gasteiger partial charge in [-0.15, -0.1) is 0 Å². The van der Waals surface area contributed by atoms with Crippen LogP contribution in [0.1, 0.15) is 12.5 Å². The minimum Gasteiger partial charge on any atom is -0.0792 e. The average Bonchev–Trinajstić information content (AvgIpc) is 2.89. The van der Waals surface area contributed by atoms with Crippen molar-refractivity contribution in [1.29, 1.82) is 0 Å². The highest BCUT2D eigenvalue weighted by Gasteiger charge is 2.66. The third kappa shape index (κ3) is 1.13. The maximum absolute atomic E-state index is 7.74. The van der Waals surface area contributed by atoms with Crippen LogP contribution in [0.4, 0.5) is 0 Å². The average molecular weight is 231 g/mol. The molecule has 4 rings (SSSR count). The fraction of sp³-hybridized carbons (Fsp3) is 0.167. The molecular weight excluding hydrogens is 216 g/mol. The van der Waals surface area contributed by atoms with Crippen molar-refractivity contribution in [2.24, 2.45) is 11.8 Å². The summed E-state index contributed by atoms with van der Waals surface area (Å²) in [6.07, 6.45) is 5.37. The lowest BCUT2D eigenvalue weighted by Crippen LogP contribution is -2.15. The van der Waals surface area contributed by atoms with Gasteiger partial charge >= 0.3 is 0 Å². The molecule has 0 amide bonds. The Bertz CT molecular complexity index is 588. The first kappa shape index (κ1) is 9.04. The van der Waals surface area contributed by atoms with E-state index in [4.69, 9.17) is 1.37 Å². The van der Waals surface area contributed by atoms with Crippen LogP contribution in [-0.2, 0) is 5.41 Å². The third-order valence-electron chi connectivity index (χ3n) is 4.27. The van der Waals surface area contributed by atoms with Gasteiger partial charge in [-0.3, -0.25) is 0 Å². The molecule has 2 aliphatic carbocycles. The van der Waals surface area contributed by atoms with E-state index in [0.29, 0.717) is 17.9 Å². The summed E-state index contributed by atoms with van der Waals surface area (Å²) in [7, 11) is 0. The predicted octanol–water partition coefficient (Wildman–Crippen LogP) is 3.80. The fourth-order valence-electron chi connectivity index (χ4n) is 3.41. The Labute approximate surface area is 109 Å². The molecule has 86 valence electrons. The molecule has 0 radical (unpaired) electrons. The normalized spacial score (nSPS) is 27.8. The number of hydrogen-bond acceptors (Lipinski definition) is 0. The van der Waals surface area contributed by atoms with Gasteiger partial charge < -0.3 is 0 Å². The summed E-state index contributed by atoms with van der Waals surface area (Å²) >= 11 is 0. The molecule has 2 atom stereocenters. The smallest absolute Gasteiger partial charge is 0.0623 e. The fourth-order valence-corrected chi connectivity index (χ4v) is 3.41. The third-order valence-corrected chi connectivity index (χ3v) is 4.27. The molecule has 1 saturated carbocycles. The summed E-state index contributed by atoms with van der Waals surface area (Å²) in [5.41, 5.74) is 2.70. The highest BCUT2D eigenvalue weighted by Crippen LogP contribution is 2.67. The van der Waals surface area contributed by atoms with Crippen LogP contribution in [0.15, 0.2) is 66.7 Å². The van der Waals surface area contributed by atoms with Gasteiger partial charge in [0.05, 0.1) is 1.37 Å². The molecule has 2 aliphatic rings. The van der Waals surface area contributed by atoms with E-state index in [1.54, 1.807) is 0 Å². The van der Waals surface area contributed by atoms with E-state index in [9.17, 15) is 0 Å². The first-order valence-corrected chi connectivity index (χ1v) is 6.39. The van der Waals surface area contributed by atoms with Crippen LogP contribution in [0.5, 0.6) is 0 Å². The topological polar surface area (TPSA) is 0 Å². The Morgan fingerprint density at radius 1 is 0.944 bits per heavy atom. The first-order valence-electron chi connectivity index (χ1n) is 6.89. The van der Waals surface area contributed by atoms with Gasteiger partial charge in [0.25, 0.3) is 0 Å². The second-order valence-corrected chi connectivity index (χ2v) is 5.06. The van der Waals surface area contributed by atoms with Crippen LogP contribution in [0.3, 0.4) is 0 Å². The van der Waals surface area contributed by atoms with Crippen molar-refractivity contribution < 1.29 is 1.37 Å². The summed E-state index contributed by atoms with van der Waals surface area (Å²) < 4.78 is 7.74. The van der Waals surface area contributed by atoms with Crippen LogP contribution < -0.4 is 0 Å². The van der Waals surface area contributed by atoms with Crippen LogP contribution in [-0.4, -0.2) is 0 Å². The van der Waals surface area contributed by atoms with E-state index >= 15 is 0 Å². The minimum atomic E-state index is 0.0209. The molecule has 0 bridgehead atoms. The van der Waals surface area contributed by atoms with Gasteiger partial charge in [-0.1, -0.05) is 73.1 Å². The second kappa shape index (κ2) is 3.52.